The van der Waals surface area contributed by atoms with Gasteiger partial charge in [0.2, 0.25) is 5.89 Å². The monoisotopic (exact) mass is 217 g/mol. The molecule has 1 heterocycles. The number of hydrogen-bond acceptors (Lipinski definition) is 6. The minimum Gasteiger partial charge on any atom is -0.415 e. The number of methoxy groups -OCH3 is 1. The van der Waals surface area contributed by atoms with Gasteiger partial charge in [-0.3, -0.25) is 0 Å². The van der Waals surface area contributed by atoms with Gasteiger partial charge < -0.3 is 14.9 Å². The number of rotatable bonds is 7. The van der Waals surface area contributed by atoms with Crippen molar-refractivity contribution in [2.45, 2.75) is 24.6 Å². The topological polar surface area (TPSA) is 74.2 Å². The van der Waals surface area contributed by atoms with Crippen LogP contribution in [0.2, 0.25) is 0 Å². The molecule has 0 fully saturated rings. The molecule has 1 aromatic rings. The van der Waals surface area contributed by atoms with Crippen molar-refractivity contribution in [1.82, 2.24) is 10.2 Å². The third-order valence-electron chi connectivity index (χ3n) is 1.59. The maximum atomic E-state index is 5.34. The number of thioether (sulfide) groups is 1. The van der Waals surface area contributed by atoms with E-state index in [-0.39, 0.29) is 0 Å². The standard InChI is InChI=1S/C8H15N3O2S/c1-12-4-2-3-5-14-8-11-10-7(6-9)13-8/h2-6,9H2,1H3. The lowest BCUT2D eigenvalue weighted by Gasteiger charge is -1.96. The Bertz CT molecular complexity index is 254. The molecule has 80 valence electrons. The van der Waals surface area contributed by atoms with Gasteiger partial charge in [-0.15, -0.1) is 10.2 Å². The van der Waals surface area contributed by atoms with Gasteiger partial charge in [0.05, 0.1) is 6.54 Å². The molecule has 0 atom stereocenters. The Hall–Kier alpha value is -0.590. The fourth-order valence-electron chi connectivity index (χ4n) is 0.887. The van der Waals surface area contributed by atoms with E-state index >= 15 is 0 Å². The van der Waals surface area contributed by atoms with Crippen LogP contribution < -0.4 is 5.73 Å². The summed E-state index contributed by atoms with van der Waals surface area (Å²) in [5.41, 5.74) is 5.34. The summed E-state index contributed by atoms with van der Waals surface area (Å²) in [5, 5.41) is 8.20. The minimum atomic E-state index is 0.303. The van der Waals surface area contributed by atoms with Gasteiger partial charge in [-0.2, -0.15) is 0 Å². The fourth-order valence-corrected chi connectivity index (χ4v) is 1.66. The second kappa shape index (κ2) is 6.80. The second-order valence-corrected chi connectivity index (χ2v) is 3.76. The van der Waals surface area contributed by atoms with Crippen molar-refractivity contribution in [1.29, 1.82) is 0 Å². The Kier molecular flexibility index (Phi) is 5.58. The van der Waals surface area contributed by atoms with E-state index in [1.807, 2.05) is 0 Å². The zero-order valence-electron chi connectivity index (χ0n) is 8.23. The van der Waals surface area contributed by atoms with Gasteiger partial charge in [0, 0.05) is 19.5 Å². The molecule has 0 amide bonds. The molecule has 0 aliphatic rings. The number of nitrogens with two attached hydrogens (primary N) is 1. The molecule has 14 heavy (non-hydrogen) atoms. The van der Waals surface area contributed by atoms with E-state index in [2.05, 4.69) is 10.2 Å². The molecule has 0 aliphatic heterocycles. The summed E-state index contributed by atoms with van der Waals surface area (Å²) in [4.78, 5) is 0. The zero-order valence-corrected chi connectivity index (χ0v) is 9.05. The predicted molar refractivity (Wildman–Crippen MR) is 54.0 cm³/mol. The zero-order chi connectivity index (χ0) is 10.2. The van der Waals surface area contributed by atoms with Crippen molar-refractivity contribution >= 4 is 11.8 Å². The highest BCUT2D eigenvalue weighted by Crippen LogP contribution is 2.17. The average molecular weight is 217 g/mol. The normalized spacial score (nSPS) is 10.7. The number of hydrogen-bond donors (Lipinski definition) is 1. The van der Waals surface area contributed by atoms with Crippen molar-refractivity contribution in [3.63, 3.8) is 0 Å². The molecular weight excluding hydrogens is 202 g/mol. The smallest absolute Gasteiger partial charge is 0.276 e. The molecular formula is C8H15N3O2S. The molecule has 0 radical (unpaired) electrons. The Morgan fingerprint density at radius 1 is 1.43 bits per heavy atom. The molecule has 0 aliphatic carbocycles. The molecule has 1 aromatic heterocycles. The van der Waals surface area contributed by atoms with Crippen LogP contribution in [0, 0.1) is 0 Å². The summed E-state index contributed by atoms with van der Waals surface area (Å²) >= 11 is 1.56. The van der Waals surface area contributed by atoms with E-state index in [4.69, 9.17) is 14.9 Å². The van der Waals surface area contributed by atoms with Crippen LogP contribution in [-0.4, -0.2) is 29.7 Å². The summed E-state index contributed by atoms with van der Waals surface area (Å²) < 4.78 is 10.2. The highest BCUT2D eigenvalue weighted by molar-refractivity contribution is 7.99. The Morgan fingerprint density at radius 3 is 2.93 bits per heavy atom. The van der Waals surface area contributed by atoms with Crippen LogP contribution in [0.15, 0.2) is 9.64 Å². The summed E-state index contributed by atoms with van der Waals surface area (Å²) in [6, 6.07) is 0. The molecule has 0 bridgehead atoms. The van der Waals surface area contributed by atoms with Gasteiger partial charge in [0.25, 0.3) is 5.22 Å². The number of nitrogens with zero attached hydrogens (tertiary/aromatic N) is 2. The van der Waals surface area contributed by atoms with Crippen molar-refractivity contribution in [3.05, 3.63) is 5.89 Å². The Balaban J connectivity index is 2.12. The van der Waals surface area contributed by atoms with Gasteiger partial charge in [-0.05, 0) is 12.8 Å². The Labute approximate surface area is 87.4 Å². The summed E-state index contributed by atoms with van der Waals surface area (Å²) in [7, 11) is 1.71. The SMILES string of the molecule is COCCCCSc1nnc(CN)o1. The average Bonchev–Trinajstić information content (AvgIpc) is 2.65. The lowest BCUT2D eigenvalue weighted by molar-refractivity contribution is 0.194. The van der Waals surface area contributed by atoms with Gasteiger partial charge in [-0.1, -0.05) is 11.8 Å². The molecule has 5 nitrogen and oxygen atoms in total. The second-order valence-electron chi connectivity index (χ2n) is 2.71. The lowest BCUT2D eigenvalue weighted by Crippen LogP contribution is -1.95. The van der Waals surface area contributed by atoms with E-state index < -0.39 is 0 Å². The lowest BCUT2D eigenvalue weighted by atomic mass is 10.4. The minimum absolute atomic E-state index is 0.303. The van der Waals surface area contributed by atoms with Crippen molar-refractivity contribution in [2.24, 2.45) is 5.73 Å². The molecule has 0 saturated heterocycles. The van der Waals surface area contributed by atoms with Gasteiger partial charge in [-0.25, -0.2) is 0 Å². The molecule has 0 aromatic carbocycles. The Morgan fingerprint density at radius 2 is 2.29 bits per heavy atom. The van der Waals surface area contributed by atoms with Crippen molar-refractivity contribution in [3.8, 4) is 0 Å². The van der Waals surface area contributed by atoms with Crippen LogP contribution in [0.5, 0.6) is 0 Å². The quantitative estimate of drug-likeness (QED) is 0.543. The van der Waals surface area contributed by atoms with E-state index in [9.17, 15) is 0 Å². The van der Waals surface area contributed by atoms with Crippen molar-refractivity contribution in [2.75, 3.05) is 19.5 Å². The van der Waals surface area contributed by atoms with E-state index in [0.29, 0.717) is 17.7 Å². The number of aromatic nitrogens is 2. The van der Waals surface area contributed by atoms with Crippen LogP contribution in [0.4, 0.5) is 0 Å². The molecule has 1 rings (SSSR count). The highest BCUT2D eigenvalue weighted by Gasteiger charge is 2.03. The fraction of sp³-hybridized carbons (Fsp3) is 0.750. The molecule has 0 saturated carbocycles. The first-order chi connectivity index (χ1) is 6.86. The number of unbranched alkanes of at least 4 members (excludes halogenated alkanes) is 1. The largest absolute Gasteiger partial charge is 0.415 e. The first-order valence-corrected chi connectivity index (χ1v) is 5.49. The first-order valence-electron chi connectivity index (χ1n) is 4.51. The molecule has 2 N–H and O–H groups in total. The molecule has 6 heteroatoms. The third-order valence-corrected chi connectivity index (χ3v) is 2.50. The van der Waals surface area contributed by atoms with E-state index in [0.717, 1.165) is 25.2 Å². The van der Waals surface area contributed by atoms with E-state index in [1.54, 1.807) is 18.9 Å². The van der Waals surface area contributed by atoms with Crippen molar-refractivity contribution < 1.29 is 9.15 Å². The van der Waals surface area contributed by atoms with E-state index in [1.165, 1.54) is 0 Å². The third kappa shape index (κ3) is 4.08. The summed E-state index contributed by atoms with van der Waals surface area (Å²) in [5.74, 6) is 1.46. The number of ether oxygens (including phenoxy) is 1. The maximum absolute atomic E-state index is 5.34. The summed E-state index contributed by atoms with van der Waals surface area (Å²) in [6.07, 6.45) is 2.14. The first kappa shape index (κ1) is 11.5. The van der Waals surface area contributed by atoms with Gasteiger partial charge in [0.15, 0.2) is 0 Å². The van der Waals surface area contributed by atoms with Crippen LogP contribution in [0.25, 0.3) is 0 Å². The van der Waals surface area contributed by atoms with Crippen LogP contribution in [-0.2, 0) is 11.3 Å². The molecule has 0 spiro atoms. The van der Waals surface area contributed by atoms with Crippen LogP contribution in [0.1, 0.15) is 18.7 Å². The van der Waals surface area contributed by atoms with Gasteiger partial charge >= 0.3 is 0 Å². The molecule has 0 unspecified atom stereocenters. The van der Waals surface area contributed by atoms with Crippen LogP contribution >= 0.6 is 11.8 Å². The van der Waals surface area contributed by atoms with Crippen LogP contribution in [0.3, 0.4) is 0 Å². The predicted octanol–water partition coefficient (Wildman–Crippen LogP) is 1.05. The maximum Gasteiger partial charge on any atom is 0.276 e. The van der Waals surface area contributed by atoms with Gasteiger partial charge in [0.1, 0.15) is 0 Å². The highest BCUT2D eigenvalue weighted by atomic mass is 32.2. The summed E-state index contributed by atoms with van der Waals surface area (Å²) in [6.45, 7) is 1.11.